The van der Waals surface area contributed by atoms with Gasteiger partial charge < -0.3 is 15.2 Å². The van der Waals surface area contributed by atoms with Gasteiger partial charge >= 0.3 is 0 Å². The Morgan fingerprint density at radius 1 is 1.19 bits per heavy atom. The smallest absolute Gasteiger partial charge is 0.230 e. The Balaban J connectivity index is 1.52. The third-order valence-corrected chi connectivity index (χ3v) is 6.74. The number of aromatic nitrogens is 1. The van der Waals surface area contributed by atoms with Crippen LogP contribution in [-0.2, 0) is 9.59 Å². The molecule has 0 saturated heterocycles. The summed E-state index contributed by atoms with van der Waals surface area (Å²) in [6.45, 7) is 0. The monoisotopic (exact) mass is 409 g/mol. The van der Waals surface area contributed by atoms with Gasteiger partial charge in [0.2, 0.25) is 5.91 Å². The summed E-state index contributed by atoms with van der Waals surface area (Å²) in [5.41, 5.74) is 1.36. The highest BCUT2D eigenvalue weighted by molar-refractivity contribution is 7.14. The van der Waals surface area contributed by atoms with E-state index in [2.05, 4.69) is 10.3 Å². The number of thiazole rings is 1. The number of halogens is 2. The van der Waals surface area contributed by atoms with Gasteiger partial charge in [-0.15, -0.1) is 11.3 Å². The van der Waals surface area contributed by atoms with Crippen molar-refractivity contribution in [2.45, 2.75) is 19.3 Å². The Labute approximate surface area is 164 Å². The number of aliphatic carboxylic acids is 1. The summed E-state index contributed by atoms with van der Waals surface area (Å²) in [6.07, 6.45) is 2.56. The van der Waals surface area contributed by atoms with Crippen molar-refractivity contribution >= 4 is 51.5 Å². The zero-order valence-electron chi connectivity index (χ0n) is 13.6. The molecule has 1 heterocycles. The zero-order valence-corrected chi connectivity index (χ0v) is 15.9. The first-order valence-corrected chi connectivity index (χ1v) is 10.0. The van der Waals surface area contributed by atoms with Gasteiger partial charge in [-0.2, -0.15) is 0 Å². The summed E-state index contributed by atoms with van der Waals surface area (Å²) in [5.74, 6) is -2.46. The number of carbonyl (C=O) groups is 2. The number of rotatable bonds is 4. The second kappa shape index (κ2) is 6.83. The van der Waals surface area contributed by atoms with Crippen molar-refractivity contribution in [1.82, 2.24) is 4.98 Å². The Bertz CT molecular complexity index is 885. The molecule has 2 bridgehead atoms. The number of carboxylic acid groups (broad SMARTS) is 1. The van der Waals surface area contributed by atoms with Crippen molar-refractivity contribution in [3.8, 4) is 11.3 Å². The molecule has 0 aliphatic heterocycles. The molecule has 0 unspecified atom stereocenters. The molecule has 8 heteroatoms. The van der Waals surface area contributed by atoms with E-state index in [1.165, 1.54) is 11.3 Å². The molecule has 0 spiro atoms. The van der Waals surface area contributed by atoms with E-state index in [0.29, 0.717) is 20.9 Å². The quantitative estimate of drug-likeness (QED) is 0.837. The van der Waals surface area contributed by atoms with E-state index in [0.717, 1.165) is 24.8 Å². The van der Waals surface area contributed by atoms with Crippen molar-refractivity contribution in [2.24, 2.45) is 23.7 Å². The molecule has 26 heavy (non-hydrogen) atoms. The van der Waals surface area contributed by atoms with Crippen molar-refractivity contribution in [1.29, 1.82) is 0 Å². The van der Waals surface area contributed by atoms with Crippen molar-refractivity contribution < 1.29 is 14.7 Å². The Morgan fingerprint density at radius 3 is 2.62 bits per heavy atom. The lowest BCUT2D eigenvalue weighted by Crippen LogP contribution is -2.43. The minimum absolute atomic E-state index is 0.0560. The van der Waals surface area contributed by atoms with Crippen molar-refractivity contribution in [2.75, 3.05) is 5.32 Å². The van der Waals surface area contributed by atoms with Crippen LogP contribution in [0.1, 0.15) is 19.3 Å². The van der Waals surface area contributed by atoms with E-state index in [1.54, 1.807) is 23.6 Å². The highest BCUT2D eigenvalue weighted by Gasteiger charge is 2.51. The number of carbonyl (C=O) groups excluding carboxylic acids is 2. The van der Waals surface area contributed by atoms with Crippen LogP contribution < -0.4 is 10.4 Å². The SMILES string of the molecule is O=C([O-])[C@H]1[C@H]2CC[C@H](C2)[C@@H]1C(=O)Nc1nc(-c2ccc(Cl)cc2Cl)cs1. The molecule has 2 saturated carbocycles. The van der Waals surface area contributed by atoms with Crippen LogP contribution in [0.15, 0.2) is 23.6 Å². The number of benzene rings is 1. The normalized spacial score (nSPS) is 26.8. The first kappa shape index (κ1) is 17.8. The molecule has 1 amide bonds. The number of nitrogens with zero attached hydrogens (tertiary/aromatic N) is 1. The zero-order chi connectivity index (χ0) is 18.4. The number of amides is 1. The second-order valence-electron chi connectivity index (χ2n) is 6.86. The van der Waals surface area contributed by atoms with Gasteiger partial charge in [-0.1, -0.05) is 23.2 Å². The van der Waals surface area contributed by atoms with Crippen LogP contribution in [0.3, 0.4) is 0 Å². The molecule has 2 aromatic rings. The van der Waals surface area contributed by atoms with Gasteiger partial charge in [-0.05, 0) is 49.3 Å². The predicted octanol–water partition coefficient (Wildman–Crippen LogP) is 3.47. The maximum atomic E-state index is 12.7. The third-order valence-electron chi connectivity index (χ3n) is 5.43. The van der Waals surface area contributed by atoms with Crippen molar-refractivity contribution in [3.63, 3.8) is 0 Å². The number of anilines is 1. The molecule has 2 aliphatic carbocycles. The molecule has 1 aromatic carbocycles. The fraction of sp³-hybridized carbons (Fsp3) is 0.389. The molecule has 2 aliphatic rings. The molecule has 5 nitrogen and oxygen atoms in total. The number of fused-ring (bicyclic) bond motifs is 2. The van der Waals surface area contributed by atoms with Gasteiger partial charge in [0, 0.05) is 33.8 Å². The molecule has 4 atom stereocenters. The van der Waals surface area contributed by atoms with Crippen molar-refractivity contribution in [3.05, 3.63) is 33.6 Å². The summed E-state index contributed by atoms with van der Waals surface area (Å²) in [5, 5.41) is 17.5. The van der Waals surface area contributed by atoms with Crippen LogP contribution in [0.4, 0.5) is 5.13 Å². The average Bonchev–Trinajstić information content (AvgIpc) is 3.29. The average molecular weight is 410 g/mol. The third kappa shape index (κ3) is 3.10. The number of hydrogen-bond acceptors (Lipinski definition) is 5. The first-order valence-electron chi connectivity index (χ1n) is 8.36. The highest BCUT2D eigenvalue weighted by atomic mass is 35.5. The number of carboxylic acids is 1. The fourth-order valence-corrected chi connectivity index (χ4v) is 5.57. The summed E-state index contributed by atoms with van der Waals surface area (Å²) >= 11 is 13.4. The van der Waals surface area contributed by atoms with E-state index < -0.39 is 17.8 Å². The van der Waals surface area contributed by atoms with Gasteiger partial charge in [-0.25, -0.2) is 4.98 Å². The molecule has 2 fully saturated rings. The molecule has 4 rings (SSSR count). The van der Waals surface area contributed by atoms with Crippen LogP contribution in [0.25, 0.3) is 11.3 Å². The van der Waals surface area contributed by atoms with Crippen LogP contribution in [0.2, 0.25) is 10.0 Å². The molecular formula is C18H15Cl2N2O3S-. The van der Waals surface area contributed by atoms with Gasteiger partial charge in [0.15, 0.2) is 5.13 Å². The maximum absolute atomic E-state index is 12.7. The minimum Gasteiger partial charge on any atom is -0.550 e. The van der Waals surface area contributed by atoms with Crippen LogP contribution in [-0.4, -0.2) is 16.9 Å². The number of hydrogen-bond donors (Lipinski definition) is 1. The lowest BCUT2D eigenvalue weighted by atomic mass is 9.79. The molecule has 136 valence electrons. The standard InChI is InChI=1S/C18H16Cl2N2O3S/c19-10-3-4-11(12(20)6-10)13-7-26-18(21-13)22-16(23)14-8-1-2-9(5-8)15(14)17(24)25/h3-4,6-9,14-15H,1-2,5H2,(H,24,25)(H,21,22,23)/p-1/t8-,9+,14+,15+/m1/s1. The van der Waals surface area contributed by atoms with E-state index in [-0.39, 0.29) is 17.7 Å². The first-order chi connectivity index (χ1) is 12.4. The Hall–Kier alpha value is -1.63. The summed E-state index contributed by atoms with van der Waals surface area (Å²) < 4.78 is 0. The lowest BCUT2D eigenvalue weighted by Gasteiger charge is -2.30. The topological polar surface area (TPSA) is 82.1 Å². The van der Waals surface area contributed by atoms with Crippen LogP contribution >= 0.6 is 34.5 Å². The molecular weight excluding hydrogens is 395 g/mol. The molecule has 0 radical (unpaired) electrons. The van der Waals surface area contributed by atoms with E-state index in [4.69, 9.17) is 23.2 Å². The van der Waals surface area contributed by atoms with E-state index in [9.17, 15) is 14.7 Å². The summed E-state index contributed by atoms with van der Waals surface area (Å²) in [6, 6.07) is 5.13. The minimum atomic E-state index is -1.12. The van der Waals surface area contributed by atoms with Gasteiger partial charge in [0.25, 0.3) is 0 Å². The van der Waals surface area contributed by atoms with E-state index >= 15 is 0 Å². The molecule has 1 N–H and O–H groups in total. The summed E-state index contributed by atoms with van der Waals surface area (Å²) in [7, 11) is 0. The maximum Gasteiger partial charge on any atom is 0.230 e. The summed E-state index contributed by atoms with van der Waals surface area (Å²) in [4.78, 5) is 28.6. The Kier molecular flexibility index (Phi) is 4.67. The van der Waals surface area contributed by atoms with Crippen LogP contribution in [0, 0.1) is 23.7 Å². The fourth-order valence-electron chi connectivity index (χ4n) is 4.35. The lowest BCUT2D eigenvalue weighted by molar-refractivity contribution is -0.314. The highest BCUT2D eigenvalue weighted by Crippen LogP contribution is 2.52. The number of nitrogens with one attached hydrogen (secondary N) is 1. The van der Waals surface area contributed by atoms with Gasteiger partial charge in [0.05, 0.1) is 10.7 Å². The second-order valence-corrected chi connectivity index (χ2v) is 8.56. The Morgan fingerprint density at radius 2 is 1.92 bits per heavy atom. The largest absolute Gasteiger partial charge is 0.550 e. The van der Waals surface area contributed by atoms with Crippen LogP contribution in [0.5, 0.6) is 0 Å². The van der Waals surface area contributed by atoms with Gasteiger partial charge in [-0.3, -0.25) is 4.79 Å². The van der Waals surface area contributed by atoms with Gasteiger partial charge in [0.1, 0.15) is 0 Å². The van der Waals surface area contributed by atoms with E-state index in [1.807, 2.05) is 0 Å². The predicted molar refractivity (Wildman–Crippen MR) is 99.0 cm³/mol. The molecule has 1 aromatic heterocycles.